The lowest BCUT2D eigenvalue weighted by molar-refractivity contribution is 0.104. The Balaban J connectivity index is 0.00000128. The van der Waals surface area contributed by atoms with Gasteiger partial charge in [0.2, 0.25) is 0 Å². The van der Waals surface area contributed by atoms with Crippen molar-refractivity contribution in [1.82, 2.24) is 10.3 Å². The van der Waals surface area contributed by atoms with Crippen LogP contribution in [-0.2, 0) is 11.3 Å². The average Bonchev–Trinajstić information content (AvgIpc) is 2.79. The Kier molecular flexibility index (Phi) is 6.96. The van der Waals surface area contributed by atoms with E-state index in [0.29, 0.717) is 0 Å². The molecule has 92 valence electrons. The summed E-state index contributed by atoms with van der Waals surface area (Å²) in [6.45, 7) is 3.98. The lowest BCUT2D eigenvalue weighted by Gasteiger charge is -2.22. The van der Waals surface area contributed by atoms with Crippen LogP contribution in [0.2, 0.25) is 0 Å². The molecular formula is C11H19ClN2OS. The molecule has 1 N–H and O–H groups in total. The van der Waals surface area contributed by atoms with Gasteiger partial charge >= 0.3 is 0 Å². The van der Waals surface area contributed by atoms with Gasteiger partial charge in [0.15, 0.2) is 0 Å². The molecule has 2 heterocycles. The molecule has 1 aromatic heterocycles. The fourth-order valence-corrected chi connectivity index (χ4v) is 2.44. The standard InChI is InChI=1S/C11H18N2OS.ClH/c1-4-12-5-2-10(1)3-6-14-8-11-7-13-9-15-11;/h7,9-10,12H,1-6,8H2;1H. The van der Waals surface area contributed by atoms with Crippen LogP contribution in [0.15, 0.2) is 11.7 Å². The fraction of sp³-hybridized carbons (Fsp3) is 0.727. The van der Waals surface area contributed by atoms with Gasteiger partial charge in [0.25, 0.3) is 0 Å². The zero-order chi connectivity index (χ0) is 10.3. The molecule has 1 aromatic rings. The molecule has 0 atom stereocenters. The summed E-state index contributed by atoms with van der Waals surface area (Å²) in [5.74, 6) is 0.868. The maximum atomic E-state index is 5.63. The highest BCUT2D eigenvalue weighted by atomic mass is 35.5. The molecule has 0 aliphatic carbocycles. The fourth-order valence-electron chi connectivity index (χ4n) is 1.91. The maximum Gasteiger partial charge on any atom is 0.0825 e. The molecule has 1 fully saturated rings. The minimum Gasteiger partial charge on any atom is -0.376 e. The molecule has 1 saturated heterocycles. The molecule has 2 rings (SSSR count). The summed E-state index contributed by atoms with van der Waals surface area (Å²) in [6.07, 6.45) is 5.71. The van der Waals surface area contributed by atoms with Gasteiger partial charge in [-0.2, -0.15) is 0 Å². The molecule has 0 aromatic carbocycles. The third-order valence-electron chi connectivity index (χ3n) is 2.86. The van der Waals surface area contributed by atoms with Gasteiger partial charge in [-0.15, -0.1) is 23.7 Å². The van der Waals surface area contributed by atoms with Crippen molar-refractivity contribution in [2.45, 2.75) is 25.9 Å². The third-order valence-corrected chi connectivity index (χ3v) is 3.61. The molecule has 0 saturated carbocycles. The molecule has 1 aliphatic heterocycles. The second-order valence-corrected chi connectivity index (χ2v) is 4.97. The quantitative estimate of drug-likeness (QED) is 0.828. The summed E-state index contributed by atoms with van der Waals surface area (Å²) in [4.78, 5) is 5.24. The van der Waals surface area contributed by atoms with Crippen molar-refractivity contribution in [2.75, 3.05) is 19.7 Å². The van der Waals surface area contributed by atoms with Crippen LogP contribution in [0.1, 0.15) is 24.1 Å². The van der Waals surface area contributed by atoms with Gasteiger partial charge < -0.3 is 10.1 Å². The van der Waals surface area contributed by atoms with Gasteiger partial charge in [-0.1, -0.05) is 0 Å². The van der Waals surface area contributed by atoms with E-state index in [1.54, 1.807) is 11.3 Å². The smallest absolute Gasteiger partial charge is 0.0825 e. The number of rotatable bonds is 5. The van der Waals surface area contributed by atoms with Gasteiger partial charge in [-0.05, 0) is 38.3 Å². The van der Waals surface area contributed by atoms with E-state index in [1.165, 1.54) is 37.2 Å². The maximum absolute atomic E-state index is 5.63. The lowest BCUT2D eigenvalue weighted by Crippen LogP contribution is -2.28. The zero-order valence-electron chi connectivity index (χ0n) is 9.35. The Bertz CT molecular complexity index is 263. The van der Waals surface area contributed by atoms with E-state index in [2.05, 4.69) is 10.3 Å². The number of hydrogen-bond donors (Lipinski definition) is 1. The van der Waals surface area contributed by atoms with Crippen molar-refractivity contribution in [3.05, 3.63) is 16.6 Å². The molecule has 0 bridgehead atoms. The second-order valence-electron chi connectivity index (χ2n) is 4.00. The number of hydrogen-bond acceptors (Lipinski definition) is 4. The van der Waals surface area contributed by atoms with E-state index >= 15 is 0 Å². The van der Waals surface area contributed by atoms with E-state index in [1.807, 2.05) is 11.7 Å². The van der Waals surface area contributed by atoms with Crippen LogP contribution in [0.4, 0.5) is 0 Å². The van der Waals surface area contributed by atoms with Gasteiger partial charge in [0.05, 0.1) is 17.0 Å². The molecule has 16 heavy (non-hydrogen) atoms. The molecule has 0 spiro atoms. The van der Waals surface area contributed by atoms with Crippen molar-refractivity contribution in [3.8, 4) is 0 Å². The Morgan fingerprint density at radius 3 is 2.94 bits per heavy atom. The zero-order valence-corrected chi connectivity index (χ0v) is 11.0. The van der Waals surface area contributed by atoms with Gasteiger partial charge in [-0.3, -0.25) is 4.98 Å². The first-order chi connectivity index (χ1) is 7.45. The molecule has 0 unspecified atom stereocenters. The molecule has 0 amide bonds. The highest BCUT2D eigenvalue weighted by Crippen LogP contribution is 2.16. The normalized spacial score (nSPS) is 17.0. The largest absolute Gasteiger partial charge is 0.376 e. The number of nitrogens with zero attached hydrogens (tertiary/aromatic N) is 1. The Morgan fingerprint density at radius 2 is 2.25 bits per heavy atom. The van der Waals surface area contributed by atoms with Crippen molar-refractivity contribution < 1.29 is 4.74 Å². The van der Waals surface area contributed by atoms with Crippen LogP contribution in [-0.4, -0.2) is 24.7 Å². The predicted octanol–water partition coefficient (Wildman–Crippen LogP) is 2.47. The number of nitrogens with one attached hydrogen (secondary N) is 1. The van der Waals surface area contributed by atoms with E-state index in [0.717, 1.165) is 19.1 Å². The van der Waals surface area contributed by atoms with Crippen LogP contribution in [0, 0.1) is 5.92 Å². The summed E-state index contributed by atoms with van der Waals surface area (Å²) in [6, 6.07) is 0. The highest BCUT2D eigenvalue weighted by molar-refractivity contribution is 7.09. The first-order valence-corrected chi connectivity index (χ1v) is 6.49. The van der Waals surface area contributed by atoms with Crippen LogP contribution in [0.3, 0.4) is 0 Å². The second kappa shape index (κ2) is 8.01. The van der Waals surface area contributed by atoms with E-state index in [-0.39, 0.29) is 12.4 Å². The number of ether oxygens (including phenoxy) is 1. The molecule has 5 heteroatoms. The molecular weight excluding hydrogens is 244 g/mol. The van der Waals surface area contributed by atoms with Gasteiger partial charge in [-0.25, -0.2) is 0 Å². The summed E-state index contributed by atoms with van der Waals surface area (Å²) in [5.41, 5.74) is 1.85. The third kappa shape index (κ3) is 4.78. The van der Waals surface area contributed by atoms with Crippen LogP contribution >= 0.6 is 23.7 Å². The topological polar surface area (TPSA) is 34.1 Å². The SMILES string of the molecule is Cl.c1ncc(COCCC2CCNCC2)s1. The lowest BCUT2D eigenvalue weighted by atomic mass is 9.95. The summed E-state index contributed by atoms with van der Waals surface area (Å²) < 4.78 is 5.63. The van der Waals surface area contributed by atoms with Crippen molar-refractivity contribution in [2.24, 2.45) is 5.92 Å². The summed E-state index contributed by atoms with van der Waals surface area (Å²) in [5, 5.41) is 3.38. The number of piperidine rings is 1. The Morgan fingerprint density at radius 1 is 1.44 bits per heavy atom. The van der Waals surface area contributed by atoms with E-state index in [4.69, 9.17) is 4.74 Å². The minimum absolute atomic E-state index is 0. The van der Waals surface area contributed by atoms with Crippen molar-refractivity contribution in [3.63, 3.8) is 0 Å². The monoisotopic (exact) mass is 262 g/mol. The number of halogens is 1. The predicted molar refractivity (Wildman–Crippen MR) is 69.2 cm³/mol. The van der Waals surface area contributed by atoms with Gasteiger partial charge in [0.1, 0.15) is 0 Å². The Hall–Kier alpha value is -0.160. The van der Waals surface area contributed by atoms with Crippen LogP contribution in [0.5, 0.6) is 0 Å². The number of aromatic nitrogens is 1. The van der Waals surface area contributed by atoms with Crippen molar-refractivity contribution in [1.29, 1.82) is 0 Å². The first kappa shape index (κ1) is 13.9. The van der Waals surface area contributed by atoms with E-state index < -0.39 is 0 Å². The molecule has 3 nitrogen and oxygen atoms in total. The average molecular weight is 263 g/mol. The number of thiazole rings is 1. The Labute approximate surface area is 107 Å². The summed E-state index contributed by atoms with van der Waals surface area (Å²) in [7, 11) is 0. The molecule has 0 radical (unpaired) electrons. The van der Waals surface area contributed by atoms with Gasteiger partial charge in [0, 0.05) is 12.8 Å². The van der Waals surface area contributed by atoms with E-state index in [9.17, 15) is 0 Å². The minimum atomic E-state index is 0. The van der Waals surface area contributed by atoms with Crippen LogP contribution in [0.25, 0.3) is 0 Å². The first-order valence-electron chi connectivity index (χ1n) is 5.61. The van der Waals surface area contributed by atoms with Crippen molar-refractivity contribution >= 4 is 23.7 Å². The summed E-state index contributed by atoms with van der Waals surface area (Å²) >= 11 is 1.66. The highest BCUT2D eigenvalue weighted by Gasteiger charge is 2.12. The van der Waals surface area contributed by atoms with Crippen LogP contribution < -0.4 is 5.32 Å². The molecule has 1 aliphatic rings.